The highest BCUT2D eigenvalue weighted by atomic mass is 16.5. The van der Waals surface area contributed by atoms with E-state index in [1.165, 1.54) is 51.9 Å². The minimum absolute atomic E-state index is 0.0864. The molecule has 0 radical (unpaired) electrons. The van der Waals surface area contributed by atoms with Gasteiger partial charge in [0.05, 0.1) is 0 Å². The van der Waals surface area contributed by atoms with E-state index in [1.807, 2.05) is 0 Å². The van der Waals surface area contributed by atoms with Crippen LogP contribution in [0.1, 0.15) is 91.9 Å². The van der Waals surface area contributed by atoms with Crippen LogP contribution < -0.4 is 0 Å². The van der Waals surface area contributed by atoms with Gasteiger partial charge in [0.2, 0.25) is 0 Å². The van der Waals surface area contributed by atoms with Crippen LogP contribution in [0.4, 0.5) is 0 Å². The molecule has 0 aromatic heterocycles. The van der Waals surface area contributed by atoms with Crippen LogP contribution in [-0.4, -0.2) is 23.3 Å². The maximum absolute atomic E-state index is 11.1. The van der Waals surface area contributed by atoms with Crippen molar-refractivity contribution in [1.29, 1.82) is 0 Å². The van der Waals surface area contributed by atoms with Crippen molar-refractivity contribution in [3.63, 3.8) is 0 Å². The predicted molar refractivity (Wildman–Crippen MR) is 115 cm³/mol. The first kappa shape index (κ1) is 21.2. The van der Waals surface area contributed by atoms with Crippen LogP contribution in [0.3, 0.4) is 0 Å². The van der Waals surface area contributed by atoms with Gasteiger partial charge in [0.25, 0.3) is 0 Å². The van der Waals surface area contributed by atoms with Gasteiger partial charge in [-0.1, -0.05) is 39.0 Å². The summed E-state index contributed by atoms with van der Waals surface area (Å²) in [7, 11) is 0. The lowest BCUT2D eigenvalue weighted by atomic mass is 9.44. The number of aliphatic hydroxyl groups is 1. The second-order valence-electron chi connectivity index (χ2n) is 11.2. The van der Waals surface area contributed by atoms with E-state index in [-0.39, 0.29) is 12.6 Å². The third kappa shape index (κ3) is 3.54. The summed E-state index contributed by atoms with van der Waals surface area (Å²) in [5.74, 6) is 9.79. The molecule has 29 heavy (non-hydrogen) atoms. The van der Waals surface area contributed by atoms with Crippen LogP contribution in [0.2, 0.25) is 0 Å². The van der Waals surface area contributed by atoms with Gasteiger partial charge in [-0.2, -0.15) is 0 Å². The Morgan fingerprint density at radius 2 is 1.79 bits per heavy atom. The maximum atomic E-state index is 11.1. The van der Waals surface area contributed by atoms with E-state index < -0.39 is 5.60 Å². The fourth-order valence-electron chi connectivity index (χ4n) is 8.48. The zero-order valence-corrected chi connectivity index (χ0v) is 18.9. The molecule has 8 atom stereocenters. The Balaban J connectivity index is 1.48. The van der Waals surface area contributed by atoms with E-state index in [0.29, 0.717) is 16.7 Å². The van der Waals surface area contributed by atoms with E-state index in [1.54, 1.807) is 0 Å². The lowest BCUT2D eigenvalue weighted by Gasteiger charge is -2.61. The largest absolute Gasteiger partial charge is 0.453 e. The Hall–Kier alpha value is -1.01. The SMILES string of the molecule is CC[C@H]1CC[C@H]2[C@@H]3CC[C@@H]4C[C@@](O)(C#CCOC(C)=O)CC[C@]4(C)[C@H]3CC[C@]12C. The summed E-state index contributed by atoms with van der Waals surface area (Å²) in [5.41, 5.74) is 0.0378. The molecular formula is C26H40O3. The standard InChI is InChI=1S/C26H40O3/c1-5-19-8-10-22-21-9-7-20-17-26(28,12-6-16-29-18(2)27)15-14-25(20,4)23(21)11-13-24(19,22)3/h19-23,28H,5,7-11,13-17H2,1-4H3/t19-,20+,21-,22-,23-,24+,25-,26+/m0/s1. The fourth-order valence-corrected chi connectivity index (χ4v) is 8.48. The van der Waals surface area contributed by atoms with Gasteiger partial charge in [-0.15, -0.1) is 0 Å². The number of carbonyl (C=O) groups excluding carboxylic acids is 1. The van der Waals surface area contributed by atoms with Crippen molar-refractivity contribution < 1.29 is 14.6 Å². The molecule has 0 aromatic carbocycles. The first-order valence-electron chi connectivity index (χ1n) is 12.1. The molecule has 0 saturated heterocycles. The molecule has 0 aliphatic heterocycles. The average Bonchev–Trinajstić information content (AvgIpc) is 3.02. The van der Waals surface area contributed by atoms with Crippen molar-refractivity contribution in [2.45, 2.75) is 97.5 Å². The van der Waals surface area contributed by atoms with E-state index in [9.17, 15) is 9.90 Å². The van der Waals surface area contributed by atoms with Gasteiger partial charge in [-0.25, -0.2) is 0 Å². The Labute approximate surface area is 177 Å². The minimum atomic E-state index is -0.902. The first-order valence-corrected chi connectivity index (χ1v) is 12.1. The highest BCUT2D eigenvalue weighted by molar-refractivity contribution is 5.66. The van der Waals surface area contributed by atoms with Gasteiger partial charge in [0.15, 0.2) is 6.61 Å². The summed E-state index contributed by atoms with van der Waals surface area (Å²) in [5, 5.41) is 11.1. The topological polar surface area (TPSA) is 46.5 Å². The summed E-state index contributed by atoms with van der Waals surface area (Å²) in [4.78, 5) is 10.9. The summed E-state index contributed by atoms with van der Waals surface area (Å²) in [6, 6.07) is 0. The van der Waals surface area contributed by atoms with Gasteiger partial charge >= 0.3 is 5.97 Å². The quantitative estimate of drug-likeness (QED) is 0.502. The number of hydrogen-bond donors (Lipinski definition) is 1. The molecule has 0 amide bonds. The highest BCUT2D eigenvalue weighted by Crippen LogP contribution is 2.68. The fraction of sp³-hybridized carbons (Fsp3) is 0.885. The smallest absolute Gasteiger partial charge is 0.303 e. The van der Waals surface area contributed by atoms with E-state index >= 15 is 0 Å². The monoisotopic (exact) mass is 400 g/mol. The van der Waals surface area contributed by atoms with Gasteiger partial charge in [-0.3, -0.25) is 4.79 Å². The Morgan fingerprint density at radius 3 is 2.52 bits per heavy atom. The Kier molecular flexibility index (Phi) is 5.56. The minimum Gasteiger partial charge on any atom is -0.453 e. The number of esters is 1. The molecule has 162 valence electrons. The van der Waals surface area contributed by atoms with Crippen LogP contribution >= 0.6 is 0 Å². The Bertz CT molecular complexity index is 704. The Morgan fingerprint density at radius 1 is 1.03 bits per heavy atom. The molecule has 0 unspecified atom stereocenters. The van der Waals surface area contributed by atoms with E-state index in [2.05, 4.69) is 32.6 Å². The molecule has 0 spiro atoms. The molecule has 4 saturated carbocycles. The van der Waals surface area contributed by atoms with Gasteiger partial charge in [-0.05, 0) is 98.2 Å². The van der Waals surface area contributed by atoms with Crippen molar-refractivity contribution >= 4 is 5.97 Å². The van der Waals surface area contributed by atoms with Gasteiger partial charge < -0.3 is 9.84 Å². The molecule has 0 aromatic rings. The molecule has 3 nitrogen and oxygen atoms in total. The molecule has 4 fully saturated rings. The van der Waals surface area contributed by atoms with Crippen LogP contribution in [0, 0.1) is 52.3 Å². The van der Waals surface area contributed by atoms with Crippen LogP contribution in [-0.2, 0) is 9.53 Å². The molecule has 4 rings (SSSR count). The second-order valence-corrected chi connectivity index (χ2v) is 11.2. The molecule has 0 heterocycles. The number of fused-ring (bicyclic) bond motifs is 5. The summed E-state index contributed by atoms with van der Waals surface area (Å²) in [6.45, 7) is 9.02. The normalized spacial score (nSPS) is 48.5. The second kappa shape index (κ2) is 7.60. The van der Waals surface area contributed by atoms with Gasteiger partial charge in [0, 0.05) is 6.92 Å². The highest BCUT2D eigenvalue weighted by Gasteiger charge is 2.60. The predicted octanol–water partition coefficient (Wildman–Crippen LogP) is 5.35. The van der Waals surface area contributed by atoms with Crippen molar-refractivity contribution in [3.05, 3.63) is 0 Å². The molecule has 1 N–H and O–H groups in total. The lowest BCUT2D eigenvalue weighted by molar-refractivity contribution is -0.139. The van der Waals surface area contributed by atoms with E-state index in [4.69, 9.17) is 4.74 Å². The lowest BCUT2D eigenvalue weighted by Crippen LogP contribution is -2.55. The molecule has 3 heteroatoms. The summed E-state index contributed by atoms with van der Waals surface area (Å²) in [6.07, 6.45) is 12.3. The number of hydrogen-bond acceptors (Lipinski definition) is 3. The number of rotatable bonds is 2. The van der Waals surface area contributed by atoms with Gasteiger partial charge in [0.1, 0.15) is 5.60 Å². The zero-order valence-electron chi connectivity index (χ0n) is 18.9. The number of carbonyl (C=O) groups is 1. The summed E-state index contributed by atoms with van der Waals surface area (Å²) < 4.78 is 4.92. The molecule has 4 aliphatic carbocycles. The molecule has 4 aliphatic rings. The number of ether oxygens (including phenoxy) is 1. The van der Waals surface area contributed by atoms with Crippen molar-refractivity contribution in [3.8, 4) is 11.8 Å². The van der Waals surface area contributed by atoms with Crippen LogP contribution in [0.15, 0.2) is 0 Å². The summed E-state index contributed by atoms with van der Waals surface area (Å²) >= 11 is 0. The maximum Gasteiger partial charge on any atom is 0.303 e. The molecular weight excluding hydrogens is 360 g/mol. The third-order valence-electron chi connectivity index (χ3n) is 10.1. The first-order chi connectivity index (χ1) is 13.7. The average molecular weight is 401 g/mol. The van der Waals surface area contributed by atoms with Crippen molar-refractivity contribution in [1.82, 2.24) is 0 Å². The third-order valence-corrected chi connectivity index (χ3v) is 10.1. The molecule has 0 bridgehead atoms. The van der Waals surface area contributed by atoms with Crippen molar-refractivity contribution in [2.75, 3.05) is 6.61 Å². The van der Waals surface area contributed by atoms with E-state index in [0.717, 1.165) is 42.9 Å². The van der Waals surface area contributed by atoms with Crippen molar-refractivity contribution in [2.24, 2.45) is 40.4 Å². The van der Waals surface area contributed by atoms with Crippen LogP contribution in [0.25, 0.3) is 0 Å². The van der Waals surface area contributed by atoms with Crippen LogP contribution in [0.5, 0.6) is 0 Å². The zero-order chi connectivity index (χ0) is 20.9.